The molecule has 6 nitrogen and oxygen atoms in total. The minimum Gasteiger partial charge on any atom is -0.489 e. The molecule has 0 N–H and O–H groups in total. The van der Waals surface area contributed by atoms with Gasteiger partial charge >= 0.3 is 0 Å². The van der Waals surface area contributed by atoms with Crippen molar-refractivity contribution in [3.05, 3.63) is 119 Å². The summed E-state index contributed by atoms with van der Waals surface area (Å²) in [6.45, 7) is 0.750. The van der Waals surface area contributed by atoms with Crippen LogP contribution in [0, 0.1) is 0 Å². The molecule has 0 aromatic heterocycles. The van der Waals surface area contributed by atoms with E-state index < -0.39 is 5.92 Å². The van der Waals surface area contributed by atoms with Crippen molar-refractivity contribution < 1.29 is 28.5 Å². The van der Waals surface area contributed by atoms with Gasteiger partial charge in [0.1, 0.15) is 36.9 Å². The van der Waals surface area contributed by atoms with Crippen LogP contribution < -0.4 is 18.9 Å². The summed E-state index contributed by atoms with van der Waals surface area (Å²) in [6.07, 6.45) is 0.640. The van der Waals surface area contributed by atoms with Crippen molar-refractivity contribution in [1.29, 1.82) is 0 Å². The zero-order chi connectivity index (χ0) is 24.7. The highest BCUT2D eigenvalue weighted by Gasteiger charge is 2.27. The molecule has 4 aromatic carbocycles. The van der Waals surface area contributed by atoms with Crippen molar-refractivity contribution in [2.45, 2.75) is 19.1 Å². The lowest BCUT2D eigenvalue weighted by Crippen LogP contribution is -2.16. The lowest BCUT2D eigenvalue weighted by Gasteiger charge is -2.16. The molecule has 5 rings (SSSR count). The average Bonchev–Trinajstić information content (AvgIpc) is 3.40. The Morgan fingerprint density at radius 1 is 0.778 bits per heavy atom. The van der Waals surface area contributed by atoms with E-state index in [1.807, 2.05) is 60.7 Å². The number of Topliss-reactive ketones (excluding diaryl/α,β-unsaturated/α-hetero) is 1. The third kappa shape index (κ3) is 5.23. The lowest BCUT2D eigenvalue weighted by atomic mass is 9.91. The Balaban J connectivity index is 1.42. The predicted octanol–water partition coefficient (Wildman–Crippen LogP) is 5.74. The van der Waals surface area contributed by atoms with Gasteiger partial charge in [-0.05, 0) is 41.0 Å². The molecule has 0 spiro atoms. The van der Waals surface area contributed by atoms with E-state index in [1.54, 1.807) is 36.4 Å². The first-order chi connectivity index (χ1) is 17.7. The molecular weight excluding hydrogens is 456 g/mol. The normalized spacial score (nSPS) is 12.6. The van der Waals surface area contributed by atoms with Gasteiger partial charge in [-0.1, -0.05) is 66.7 Å². The number of benzene rings is 4. The van der Waals surface area contributed by atoms with Crippen LogP contribution in [0.25, 0.3) is 0 Å². The van der Waals surface area contributed by atoms with Crippen LogP contribution in [0.1, 0.15) is 33.0 Å². The number of aldehydes is 1. The summed E-state index contributed by atoms with van der Waals surface area (Å²) >= 11 is 0. The molecule has 0 saturated carbocycles. The van der Waals surface area contributed by atoms with Gasteiger partial charge in [-0.2, -0.15) is 0 Å². The van der Waals surface area contributed by atoms with Crippen LogP contribution >= 0.6 is 0 Å². The molecule has 4 aromatic rings. The van der Waals surface area contributed by atoms with E-state index in [1.165, 1.54) is 0 Å². The Labute approximate surface area is 209 Å². The first-order valence-electron chi connectivity index (χ1n) is 11.6. The van der Waals surface area contributed by atoms with Gasteiger partial charge in [-0.25, -0.2) is 0 Å². The number of carbonyl (C=O) groups is 2. The van der Waals surface area contributed by atoms with Crippen molar-refractivity contribution in [3.63, 3.8) is 0 Å². The number of fused-ring (bicyclic) bond motifs is 1. The van der Waals surface area contributed by atoms with E-state index in [0.29, 0.717) is 47.0 Å². The molecule has 0 radical (unpaired) electrons. The maximum absolute atomic E-state index is 13.6. The second-order valence-electron chi connectivity index (χ2n) is 8.30. The van der Waals surface area contributed by atoms with Gasteiger partial charge in [-0.15, -0.1) is 0 Å². The lowest BCUT2D eigenvalue weighted by molar-refractivity contribution is -0.108. The molecule has 1 aliphatic heterocycles. The van der Waals surface area contributed by atoms with Crippen molar-refractivity contribution in [1.82, 2.24) is 0 Å². The van der Waals surface area contributed by atoms with Crippen molar-refractivity contribution >= 4 is 12.1 Å². The quantitative estimate of drug-likeness (QED) is 0.164. The molecule has 6 heteroatoms. The smallest absolute Gasteiger partial charge is 0.231 e. The molecule has 0 saturated heterocycles. The minimum atomic E-state index is -1.02. The Hall–Kier alpha value is -4.58. The van der Waals surface area contributed by atoms with Crippen LogP contribution in [0.4, 0.5) is 0 Å². The third-order valence-electron chi connectivity index (χ3n) is 5.88. The standard InChI is InChI=1S/C30H24O6/c31-17-26(23-11-14-27-29(15-23)36-20-35-27)30(32)25-13-12-24(33-18-21-7-3-1-4-8-21)16-28(25)34-19-22-9-5-2-6-10-22/h1-17,26H,18-20H2. The van der Waals surface area contributed by atoms with Gasteiger partial charge in [0.05, 0.1) is 5.56 Å². The fourth-order valence-electron chi connectivity index (χ4n) is 3.96. The summed E-state index contributed by atoms with van der Waals surface area (Å²) in [6, 6.07) is 29.6. The van der Waals surface area contributed by atoms with Crippen LogP contribution in [0.15, 0.2) is 97.1 Å². The van der Waals surface area contributed by atoms with E-state index in [2.05, 4.69) is 0 Å². The van der Waals surface area contributed by atoms with E-state index in [0.717, 1.165) is 11.1 Å². The number of hydrogen-bond acceptors (Lipinski definition) is 6. The first-order valence-corrected chi connectivity index (χ1v) is 11.6. The van der Waals surface area contributed by atoms with Crippen LogP contribution in [0.3, 0.4) is 0 Å². The average molecular weight is 481 g/mol. The highest BCUT2D eigenvalue weighted by atomic mass is 16.7. The molecule has 36 heavy (non-hydrogen) atoms. The molecule has 0 aliphatic carbocycles. The minimum absolute atomic E-state index is 0.112. The fourth-order valence-corrected chi connectivity index (χ4v) is 3.96. The zero-order valence-electron chi connectivity index (χ0n) is 19.5. The molecule has 1 atom stereocenters. The predicted molar refractivity (Wildman–Crippen MR) is 134 cm³/mol. The van der Waals surface area contributed by atoms with Gasteiger partial charge in [0.15, 0.2) is 17.3 Å². The maximum Gasteiger partial charge on any atom is 0.231 e. The van der Waals surface area contributed by atoms with Crippen LogP contribution in [0.5, 0.6) is 23.0 Å². The number of carbonyl (C=O) groups excluding carboxylic acids is 2. The van der Waals surface area contributed by atoms with E-state index in [-0.39, 0.29) is 19.2 Å². The Bertz CT molecular complexity index is 1350. The highest BCUT2D eigenvalue weighted by molar-refractivity contribution is 6.11. The summed E-state index contributed by atoms with van der Waals surface area (Å²) in [5.74, 6) is 0.613. The van der Waals surface area contributed by atoms with E-state index in [9.17, 15) is 9.59 Å². The number of rotatable bonds is 10. The first kappa shape index (κ1) is 23.2. The summed E-state index contributed by atoms with van der Waals surface area (Å²) in [4.78, 5) is 25.7. The molecule has 1 unspecified atom stereocenters. The molecule has 180 valence electrons. The Kier molecular flexibility index (Phi) is 6.94. The van der Waals surface area contributed by atoms with Crippen LogP contribution in [0.2, 0.25) is 0 Å². The van der Waals surface area contributed by atoms with Gasteiger partial charge in [0.2, 0.25) is 6.79 Å². The van der Waals surface area contributed by atoms with Crippen LogP contribution in [-0.4, -0.2) is 18.9 Å². The van der Waals surface area contributed by atoms with Gasteiger partial charge in [0, 0.05) is 6.07 Å². The summed E-state index contributed by atoms with van der Waals surface area (Å²) in [7, 11) is 0. The van der Waals surface area contributed by atoms with E-state index >= 15 is 0 Å². The maximum atomic E-state index is 13.6. The van der Waals surface area contributed by atoms with Crippen molar-refractivity contribution in [3.8, 4) is 23.0 Å². The largest absolute Gasteiger partial charge is 0.489 e. The molecule has 0 bridgehead atoms. The van der Waals surface area contributed by atoms with Gasteiger partial charge in [-0.3, -0.25) is 4.79 Å². The molecule has 1 aliphatic rings. The topological polar surface area (TPSA) is 71.1 Å². The van der Waals surface area contributed by atoms with Crippen molar-refractivity contribution in [2.24, 2.45) is 0 Å². The number of ketones is 1. The number of ether oxygens (including phenoxy) is 4. The summed E-state index contributed by atoms with van der Waals surface area (Å²) < 4.78 is 22.8. The molecule has 0 amide bonds. The molecular formula is C30H24O6. The Morgan fingerprint density at radius 3 is 2.14 bits per heavy atom. The van der Waals surface area contributed by atoms with Gasteiger partial charge in [0.25, 0.3) is 0 Å². The zero-order valence-corrected chi connectivity index (χ0v) is 19.5. The second kappa shape index (κ2) is 10.8. The fraction of sp³-hybridized carbons (Fsp3) is 0.133. The number of hydrogen-bond donors (Lipinski definition) is 0. The Morgan fingerprint density at radius 2 is 1.44 bits per heavy atom. The molecule has 1 heterocycles. The highest BCUT2D eigenvalue weighted by Crippen LogP contribution is 2.36. The summed E-state index contributed by atoms with van der Waals surface area (Å²) in [5.41, 5.74) is 2.80. The van der Waals surface area contributed by atoms with E-state index in [4.69, 9.17) is 18.9 Å². The van der Waals surface area contributed by atoms with Crippen LogP contribution in [-0.2, 0) is 18.0 Å². The monoisotopic (exact) mass is 480 g/mol. The van der Waals surface area contributed by atoms with Gasteiger partial charge < -0.3 is 23.7 Å². The summed E-state index contributed by atoms with van der Waals surface area (Å²) in [5, 5.41) is 0. The SMILES string of the molecule is O=CC(C(=O)c1ccc(OCc2ccccc2)cc1OCc1ccccc1)c1ccc2c(c1)OCO2. The third-order valence-corrected chi connectivity index (χ3v) is 5.88. The van der Waals surface area contributed by atoms with Crippen molar-refractivity contribution in [2.75, 3.05) is 6.79 Å². The second-order valence-corrected chi connectivity index (χ2v) is 8.30. The molecule has 0 fully saturated rings.